The van der Waals surface area contributed by atoms with Gasteiger partial charge in [0.25, 0.3) is 11.8 Å². The van der Waals surface area contributed by atoms with Crippen LogP contribution >= 0.6 is 0 Å². The van der Waals surface area contributed by atoms with Gasteiger partial charge in [0.05, 0.1) is 11.4 Å². The molecule has 1 saturated heterocycles. The summed E-state index contributed by atoms with van der Waals surface area (Å²) in [6, 6.07) is 6.16. The molecule has 5 amide bonds. The quantitative estimate of drug-likeness (QED) is 0.576. The molecule has 0 bridgehead atoms. The van der Waals surface area contributed by atoms with Crippen molar-refractivity contribution in [2.45, 2.75) is 13.0 Å². The van der Waals surface area contributed by atoms with Gasteiger partial charge in [-0.25, -0.2) is 4.79 Å². The van der Waals surface area contributed by atoms with Gasteiger partial charge in [-0.05, 0) is 19.1 Å². The molecule has 0 aliphatic carbocycles. The highest BCUT2D eigenvalue weighted by Crippen LogP contribution is 2.29. The van der Waals surface area contributed by atoms with E-state index < -0.39 is 36.5 Å². The number of rotatable bonds is 4. The minimum Gasteiger partial charge on any atom is -0.451 e. The minimum absolute atomic E-state index is 0.111. The van der Waals surface area contributed by atoms with Crippen molar-refractivity contribution >= 4 is 41.1 Å². The number of benzene rings is 1. The fourth-order valence-corrected chi connectivity index (χ4v) is 2.89. The zero-order valence-electron chi connectivity index (χ0n) is 14.8. The number of nitrogens with zero attached hydrogens (tertiary/aromatic N) is 3. The number of carbonyl (C=O) groups is 5. The number of likely N-dealkylation sites (N-methyl/N-ethyl adjacent to an activating group) is 1. The van der Waals surface area contributed by atoms with Crippen molar-refractivity contribution in [1.29, 1.82) is 0 Å². The van der Waals surface area contributed by atoms with Gasteiger partial charge in [0.1, 0.15) is 19.6 Å². The van der Waals surface area contributed by atoms with Gasteiger partial charge in [-0.3, -0.25) is 29.0 Å². The maximum absolute atomic E-state index is 12.7. The van der Waals surface area contributed by atoms with Crippen molar-refractivity contribution in [2.24, 2.45) is 0 Å². The molecule has 1 N–H and O–H groups in total. The largest absolute Gasteiger partial charge is 0.451 e. The van der Waals surface area contributed by atoms with E-state index in [0.717, 1.165) is 4.90 Å². The molecule has 1 aromatic carbocycles. The fourth-order valence-electron chi connectivity index (χ4n) is 2.89. The van der Waals surface area contributed by atoms with Crippen molar-refractivity contribution in [1.82, 2.24) is 9.80 Å². The number of fused-ring (bicyclic) bond motifs is 1. The molecule has 2 heterocycles. The number of esters is 1. The van der Waals surface area contributed by atoms with Crippen LogP contribution in [0.15, 0.2) is 24.3 Å². The molecule has 1 atom stereocenters. The Kier molecular flexibility index (Phi) is 4.80. The Labute approximate surface area is 154 Å². The summed E-state index contributed by atoms with van der Waals surface area (Å²) in [5, 5.41) is 2.66. The molecule has 0 radical (unpaired) electrons. The first kappa shape index (κ1) is 18.4. The third kappa shape index (κ3) is 3.59. The standard InChI is InChI=1S/C17H18N4O6/c1-10(27-15(24)9-21-14(23)8-19(2)17(21)26)16(25)20-7-13(22)18-11-5-3-4-6-12(11)20/h3-6,10H,7-9H2,1-2H3,(H,18,22)/t10-/m1/s1. The van der Waals surface area contributed by atoms with Gasteiger partial charge >= 0.3 is 12.0 Å². The second-order valence-corrected chi connectivity index (χ2v) is 6.24. The number of amides is 5. The molecule has 10 nitrogen and oxygen atoms in total. The summed E-state index contributed by atoms with van der Waals surface area (Å²) < 4.78 is 5.08. The van der Waals surface area contributed by atoms with Crippen LogP contribution in [0.3, 0.4) is 0 Å². The highest BCUT2D eigenvalue weighted by molar-refractivity contribution is 6.11. The van der Waals surface area contributed by atoms with Gasteiger partial charge in [0.2, 0.25) is 5.91 Å². The predicted octanol–water partition coefficient (Wildman–Crippen LogP) is -0.203. The first-order valence-electron chi connectivity index (χ1n) is 8.23. The van der Waals surface area contributed by atoms with E-state index in [1.807, 2.05) is 0 Å². The molecule has 2 aliphatic heterocycles. The van der Waals surface area contributed by atoms with Crippen LogP contribution in [0.5, 0.6) is 0 Å². The number of hydrogen-bond acceptors (Lipinski definition) is 6. The Morgan fingerprint density at radius 3 is 2.56 bits per heavy atom. The second-order valence-electron chi connectivity index (χ2n) is 6.24. The van der Waals surface area contributed by atoms with E-state index in [1.54, 1.807) is 24.3 Å². The number of carbonyl (C=O) groups excluding carboxylic acids is 5. The summed E-state index contributed by atoms with van der Waals surface area (Å²) in [6.45, 7) is 0.484. The van der Waals surface area contributed by atoms with E-state index >= 15 is 0 Å². The Hall–Kier alpha value is -3.43. The fraction of sp³-hybridized carbons (Fsp3) is 0.353. The Morgan fingerprint density at radius 1 is 1.19 bits per heavy atom. The van der Waals surface area contributed by atoms with E-state index in [2.05, 4.69) is 5.32 Å². The molecule has 10 heteroatoms. The number of imide groups is 1. The van der Waals surface area contributed by atoms with Gasteiger partial charge in [0.15, 0.2) is 6.10 Å². The molecule has 0 aromatic heterocycles. The monoisotopic (exact) mass is 374 g/mol. The lowest BCUT2D eigenvalue weighted by molar-refractivity contribution is -0.155. The topological polar surface area (TPSA) is 116 Å². The maximum Gasteiger partial charge on any atom is 0.327 e. The van der Waals surface area contributed by atoms with Gasteiger partial charge in [-0.2, -0.15) is 0 Å². The number of nitrogens with one attached hydrogen (secondary N) is 1. The third-order valence-corrected chi connectivity index (χ3v) is 4.21. The van der Waals surface area contributed by atoms with Gasteiger partial charge in [0, 0.05) is 7.05 Å². The Morgan fingerprint density at radius 2 is 1.89 bits per heavy atom. The van der Waals surface area contributed by atoms with Crippen molar-refractivity contribution in [3.05, 3.63) is 24.3 Å². The molecule has 142 valence electrons. The van der Waals surface area contributed by atoms with Gasteiger partial charge < -0.3 is 15.0 Å². The third-order valence-electron chi connectivity index (χ3n) is 4.21. The number of urea groups is 1. The lowest BCUT2D eigenvalue weighted by Gasteiger charge is -2.30. The summed E-state index contributed by atoms with van der Waals surface area (Å²) in [5.41, 5.74) is 0.980. The summed E-state index contributed by atoms with van der Waals surface area (Å²) in [4.78, 5) is 63.2. The smallest absolute Gasteiger partial charge is 0.327 e. The summed E-state index contributed by atoms with van der Waals surface area (Å²) in [7, 11) is 1.44. The summed E-state index contributed by atoms with van der Waals surface area (Å²) in [5.74, 6) is -2.35. The van der Waals surface area contributed by atoms with Crippen molar-refractivity contribution < 1.29 is 28.7 Å². The number of hydrogen-bond donors (Lipinski definition) is 1. The van der Waals surface area contributed by atoms with Crippen molar-refractivity contribution in [3.63, 3.8) is 0 Å². The lowest BCUT2D eigenvalue weighted by Crippen LogP contribution is -2.47. The molecule has 0 unspecified atom stereocenters. The molecule has 0 saturated carbocycles. The Bertz CT molecular complexity index is 838. The van der Waals surface area contributed by atoms with Crippen LogP contribution in [0.4, 0.5) is 16.2 Å². The average molecular weight is 374 g/mol. The van der Waals surface area contributed by atoms with Crippen LogP contribution in [-0.2, 0) is 23.9 Å². The van der Waals surface area contributed by atoms with Gasteiger partial charge in [-0.1, -0.05) is 12.1 Å². The van der Waals surface area contributed by atoms with E-state index in [9.17, 15) is 24.0 Å². The van der Waals surface area contributed by atoms with Crippen LogP contribution in [0.2, 0.25) is 0 Å². The normalized spacial score (nSPS) is 17.6. The van der Waals surface area contributed by atoms with E-state index in [4.69, 9.17) is 4.74 Å². The predicted molar refractivity (Wildman–Crippen MR) is 92.7 cm³/mol. The molecule has 2 aliphatic rings. The molecular weight excluding hydrogens is 356 g/mol. The molecular formula is C17H18N4O6. The van der Waals surface area contributed by atoms with E-state index in [1.165, 1.54) is 23.8 Å². The number of anilines is 2. The lowest BCUT2D eigenvalue weighted by atomic mass is 10.1. The van der Waals surface area contributed by atoms with Crippen LogP contribution < -0.4 is 10.2 Å². The average Bonchev–Trinajstić information content (AvgIpc) is 2.86. The number of para-hydroxylation sites is 2. The minimum atomic E-state index is -1.19. The highest BCUT2D eigenvalue weighted by Gasteiger charge is 2.36. The van der Waals surface area contributed by atoms with Crippen LogP contribution in [0, 0.1) is 0 Å². The summed E-state index contributed by atoms with van der Waals surface area (Å²) >= 11 is 0. The maximum atomic E-state index is 12.7. The Balaban J connectivity index is 1.66. The zero-order valence-corrected chi connectivity index (χ0v) is 14.8. The molecule has 0 spiro atoms. The van der Waals surface area contributed by atoms with Crippen molar-refractivity contribution in [2.75, 3.05) is 36.9 Å². The second kappa shape index (κ2) is 7.06. The van der Waals surface area contributed by atoms with Gasteiger partial charge in [-0.15, -0.1) is 0 Å². The van der Waals surface area contributed by atoms with E-state index in [0.29, 0.717) is 11.4 Å². The number of ether oxygens (including phenoxy) is 1. The van der Waals surface area contributed by atoms with Crippen molar-refractivity contribution in [3.8, 4) is 0 Å². The first-order chi connectivity index (χ1) is 12.8. The van der Waals surface area contributed by atoms with Crippen LogP contribution in [-0.4, -0.2) is 72.3 Å². The highest BCUT2D eigenvalue weighted by atomic mass is 16.5. The molecule has 1 fully saturated rings. The molecule has 3 rings (SSSR count). The van der Waals surface area contributed by atoms with Crippen LogP contribution in [0.25, 0.3) is 0 Å². The summed E-state index contributed by atoms with van der Waals surface area (Å²) in [6.07, 6.45) is -1.19. The molecule has 27 heavy (non-hydrogen) atoms. The molecule has 1 aromatic rings. The first-order valence-corrected chi connectivity index (χ1v) is 8.23. The van der Waals surface area contributed by atoms with E-state index in [-0.39, 0.29) is 19.0 Å². The van der Waals surface area contributed by atoms with Crippen LogP contribution in [0.1, 0.15) is 6.92 Å². The SMILES string of the molecule is C[C@@H](OC(=O)CN1C(=O)CN(C)C1=O)C(=O)N1CC(=O)Nc2ccccc21. The zero-order chi connectivity index (χ0) is 19.7.